The fourth-order valence-electron chi connectivity index (χ4n) is 5.48. The first kappa shape index (κ1) is 23.7. The predicted molar refractivity (Wildman–Crippen MR) is 130 cm³/mol. The highest BCUT2D eigenvalue weighted by atomic mass is 35.5. The average Bonchev–Trinajstić information content (AvgIpc) is 3.51. The largest absolute Gasteiger partial charge is 0.478 e. The Bertz CT molecular complexity index is 1410. The molecule has 2 bridgehead atoms. The van der Waals surface area contributed by atoms with Crippen LogP contribution in [-0.2, 0) is 16.1 Å². The van der Waals surface area contributed by atoms with Crippen LogP contribution in [-0.4, -0.2) is 60.5 Å². The van der Waals surface area contributed by atoms with Crippen LogP contribution in [0.2, 0.25) is 5.15 Å². The molecule has 2 aromatic heterocycles. The number of nitrogens with one attached hydrogen (secondary N) is 1. The number of anilines is 1. The van der Waals surface area contributed by atoms with Crippen molar-refractivity contribution in [3.05, 3.63) is 52.3 Å². The molecule has 5 rings (SSSR count). The van der Waals surface area contributed by atoms with E-state index >= 15 is 0 Å². The summed E-state index contributed by atoms with van der Waals surface area (Å²) in [5.74, 6) is -2.50. The number of nitrogens with two attached hydrogens (primary N) is 1. The van der Waals surface area contributed by atoms with E-state index in [1.54, 1.807) is 36.1 Å². The molecule has 3 heterocycles. The first-order valence-corrected chi connectivity index (χ1v) is 11.8. The Morgan fingerprint density at radius 2 is 1.97 bits per heavy atom. The number of aromatic nitrogens is 3. The third kappa shape index (κ3) is 3.95. The smallest absolute Gasteiger partial charge is 0.339 e. The number of amides is 3. The first-order chi connectivity index (χ1) is 17.2. The van der Waals surface area contributed by atoms with E-state index < -0.39 is 23.8 Å². The third-order valence-electron chi connectivity index (χ3n) is 6.96. The Kier molecular flexibility index (Phi) is 5.87. The molecule has 36 heavy (non-hydrogen) atoms. The molecule has 186 valence electrons. The van der Waals surface area contributed by atoms with Crippen molar-refractivity contribution >= 4 is 52.0 Å². The van der Waals surface area contributed by atoms with Crippen molar-refractivity contribution in [2.24, 2.45) is 11.7 Å². The van der Waals surface area contributed by atoms with Gasteiger partial charge in [0.2, 0.25) is 11.8 Å². The van der Waals surface area contributed by atoms with Gasteiger partial charge in [-0.2, -0.15) is 5.10 Å². The summed E-state index contributed by atoms with van der Waals surface area (Å²) in [4.78, 5) is 55.7. The van der Waals surface area contributed by atoms with Crippen molar-refractivity contribution in [1.82, 2.24) is 19.7 Å². The number of benzene rings is 1. The quantitative estimate of drug-likeness (QED) is 0.428. The molecule has 1 aromatic carbocycles. The van der Waals surface area contributed by atoms with Crippen molar-refractivity contribution in [2.45, 2.75) is 44.8 Å². The minimum absolute atomic E-state index is 0.00985. The zero-order valence-electron chi connectivity index (χ0n) is 19.3. The van der Waals surface area contributed by atoms with Gasteiger partial charge in [0.05, 0.1) is 11.1 Å². The molecule has 3 amide bonds. The number of aryl methyl sites for hydroxylation is 1. The minimum Gasteiger partial charge on any atom is -0.478 e. The monoisotopic (exact) mass is 510 g/mol. The highest BCUT2D eigenvalue weighted by molar-refractivity contribution is 6.32. The van der Waals surface area contributed by atoms with Crippen LogP contribution in [0.1, 0.15) is 45.7 Å². The van der Waals surface area contributed by atoms with Gasteiger partial charge in [-0.15, -0.1) is 0 Å². The molecule has 11 nitrogen and oxygen atoms in total. The Morgan fingerprint density at radius 1 is 1.22 bits per heavy atom. The fourth-order valence-corrected chi connectivity index (χ4v) is 5.80. The fraction of sp³-hybridized carbons (Fsp3) is 0.333. The van der Waals surface area contributed by atoms with E-state index in [0.717, 1.165) is 12.8 Å². The molecule has 12 heteroatoms. The van der Waals surface area contributed by atoms with Gasteiger partial charge in [-0.3, -0.25) is 19.1 Å². The van der Waals surface area contributed by atoms with E-state index in [1.165, 1.54) is 10.7 Å². The van der Waals surface area contributed by atoms with Crippen molar-refractivity contribution < 1.29 is 24.3 Å². The van der Waals surface area contributed by atoms with Gasteiger partial charge in [-0.05, 0) is 49.8 Å². The number of hydrogen-bond donors (Lipinski definition) is 3. The van der Waals surface area contributed by atoms with Crippen molar-refractivity contribution in [3.63, 3.8) is 0 Å². The Hall–Kier alpha value is -3.99. The van der Waals surface area contributed by atoms with E-state index in [4.69, 9.17) is 17.3 Å². The molecular weight excluding hydrogens is 488 g/mol. The maximum Gasteiger partial charge on any atom is 0.339 e. The summed E-state index contributed by atoms with van der Waals surface area (Å²) in [7, 11) is 0. The highest BCUT2D eigenvalue weighted by Crippen LogP contribution is 2.43. The van der Waals surface area contributed by atoms with Gasteiger partial charge in [0.15, 0.2) is 5.69 Å². The van der Waals surface area contributed by atoms with Crippen LogP contribution >= 0.6 is 11.6 Å². The molecule has 1 aliphatic heterocycles. The lowest BCUT2D eigenvalue weighted by Crippen LogP contribution is -2.52. The number of pyridine rings is 1. The van der Waals surface area contributed by atoms with Gasteiger partial charge >= 0.3 is 5.97 Å². The van der Waals surface area contributed by atoms with Crippen LogP contribution < -0.4 is 11.1 Å². The lowest BCUT2D eigenvalue weighted by molar-refractivity contribution is -0.141. The van der Waals surface area contributed by atoms with E-state index in [2.05, 4.69) is 15.4 Å². The topological polar surface area (TPSA) is 161 Å². The van der Waals surface area contributed by atoms with E-state index in [9.17, 15) is 24.3 Å². The zero-order valence-corrected chi connectivity index (χ0v) is 20.0. The Morgan fingerprint density at radius 3 is 2.67 bits per heavy atom. The number of likely N-dealkylation sites (tertiary alicyclic amines) is 1. The molecule has 0 unspecified atom stereocenters. The average molecular weight is 511 g/mol. The number of fused-ring (bicyclic) bond motifs is 3. The first-order valence-electron chi connectivity index (χ1n) is 11.4. The number of rotatable bonds is 6. The van der Waals surface area contributed by atoms with E-state index in [0.29, 0.717) is 22.9 Å². The number of hydrogen-bond acceptors (Lipinski definition) is 6. The van der Waals surface area contributed by atoms with Crippen LogP contribution in [0.25, 0.3) is 10.9 Å². The molecule has 3 aromatic rings. The summed E-state index contributed by atoms with van der Waals surface area (Å²) in [6.45, 7) is 1.41. The number of carboxylic acid groups (broad SMARTS) is 1. The van der Waals surface area contributed by atoms with Crippen LogP contribution in [0.4, 0.5) is 5.82 Å². The van der Waals surface area contributed by atoms with Crippen LogP contribution in [0.5, 0.6) is 0 Å². The summed E-state index contributed by atoms with van der Waals surface area (Å²) in [6, 6.07) is 7.65. The number of carboxylic acids is 1. The number of para-hydroxylation sites is 1. The molecule has 0 spiro atoms. The molecule has 1 aliphatic carbocycles. The van der Waals surface area contributed by atoms with Crippen LogP contribution in [0.15, 0.2) is 30.3 Å². The lowest BCUT2D eigenvalue weighted by Gasteiger charge is -2.34. The second-order valence-electron chi connectivity index (χ2n) is 9.15. The summed E-state index contributed by atoms with van der Waals surface area (Å²) in [5, 5.41) is 16.6. The molecule has 3 atom stereocenters. The molecule has 0 radical (unpaired) electrons. The summed E-state index contributed by atoms with van der Waals surface area (Å²) < 4.78 is 1.44. The van der Waals surface area contributed by atoms with Gasteiger partial charge in [0.1, 0.15) is 23.6 Å². The SMILES string of the molecule is Cc1cc(NC(=O)[C@@H]2[C@H]3CC[C@H](C3)N2C(=O)Cn2nc(C(N)=O)c3ccccc32)nc(Cl)c1C(=O)O. The third-order valence-corrected chi connectivity index (χ3v) is 7.23. The van der Waals surface area contributed by atoms with Crippen molar-refractivity contribution in [2.75, 3.05) is 5.32 Å². The van der Waals surface area contributed by atoms with Crippen LogP contribution in [0, 0.1) is 12.8 Å². The number of carbonyl (C=O) groups excluding carboxylic acids is 3. The molecule has 4 N–H and O–H groups in total. The summed E-state index contributed by atoms with van der Waals surface area (Å²) in [5.41, 5.74) is 6.37. The standard InChI is InChI=1S/C24H23ClN6O5/c1-11-8-16(27-21(25)18(11)24(35)36)28-23(34)20-12-6-7-13(9-12)31(20)17(32)10-30-15-5-3-2-4-14(15)19(29-30)22(26)33/h2-5,8,12-13,20H,6-7,9-10H2,1H3,(H2,26,33)(H,35,36)(H,27,28,34)/t12-,13+,20-/m0/s1. The maximum atomic E-state index is 13.5. The van der Waals surface area contributed by atoms with Gasteiger partial charge in [-0.1, -0.05) is 29.8 Å². The molecule has 1 saturated heterocycles. The molecule has 1 saturated carbocycles. The minimum atomic E-state index is -1.21. The Labute approximate surface area is 210 Å². The number of primary amides is 1. The number of halogens is 1. The van der Waals surface area contributed by atoms with Crippen LogP contribution in [0.3, 0.4) is 0 Å². The second kappa shape index (κ2) is 8.90. The number of nitrogens with zero attached hydrogens (tertiary/aromatic N) is 4. The van der Waals surface area contributed by atoms with E-state index in [-0.39, 0.29) is 46.6 Å². The second-order valence-corrected chi connectivity index (χ2v) is 9.50. The van der Waals surface area contributed by atoms with Gasteiger partial charge in [-0.25, -0.2) is 9.78 Å². The normalized spacial score (nSPS) is 20.6. The Balaban J connectivity index is 1.40. The zero-order chi connectivity index (χ0) is 25.7. The van der Waals surface area contributed by atoms with Gasteiger partial charge < -0.3 is 21.1 Å². The number of piperidine rings is 1. The maximum absolute atomic E-state index is 13.5. The molecular formula is C24H23ClN6O5. The number of aromatic carboxylic acids is 1. The molecule has 2 aliphatic rings. The van der Waals surface area contributed by atoms with Gasteiger partial charge in [0.25, 0.3) is 5.91 Å². The summed E-state index contributed by atoms with van der Waals surface area (Å²) in [6.07, 6.45) is 2.32. The van der Waals surface area contributed by atoms with Crippen molar-refractivity contribution in [1.29, 1.82) is 0 Å². The summed E-state index contributed by atoms with van der Waals surface area (Å²) >= 11 is 6.03. The molecule has 2 fully saturated rings. The van der Waals surface area contributed by atoms with E-state index in [1.807, 2.05) is 0 Å². The predicted octanol–water partition coefficient (Wildman–Crippen LogP) is 2.21. The lowest BCUT2D eigenvalue weighted by atomic mass is 9.97. The highest BCUT2D eigenvalue weighted by Gasteiger charge is 2.51. The van der Waals surface area contributed by atoms with Crippen molar-refractivity contribution in [3.8, 4) is 0 Å². The number of carbonyl (C=O) groups is 4. The van der Waals surface area contributed by atoms with Gasteiger partial charge in [0, 0.05) is 11.4 Å².